The fraction of sp³-hybridized carbons (Fsp3) is 0.529. The average molecular weight is 301 g/mol. The van der Waals surface area contributed by atoms with Crippen molar-refractivity contribution in [2.75, 3.05) is 18.4 Å². The fourth-order valence-electron chi connectivity index (χ4n) is 3.36. The zero-order valence-electron chi connectivity index (χ0n) is 12.9. The van der Waals surface area contributed by atoms with Crippen molar-refractivity contribution in [2.24, 2.45) is 11.3 Å². The lowest BCUT2D eigenvalue weighted by Gasteiger charge is -2.23. The predicted molar refractivity (Wildman–Crippen MR) is 85.2 cm³/mol. The number of anilines is 1. The number of carbonyl (C=O) groups excluding carboxylic acids is 2. The van der Waals surface area contributed by atoms with Crippen molar-refractivity contribution in [3.8, 4) is 0 Å². The molecule has 1 heterocycles. The van der Waals surface area contributed by atoms with Gasteiger partial charge in [0.25, 0.3) is 0 Å². The molecule has 1 atom stereocenters. The van der Waals surface area contributed by atoms with Gasteiger partial charge in [0.1, 0.15) is 0 Å². The number of hydrogen-bond donors (Lipinski definition) is 3. The van der Waals surface area contributed by atoms with E-state index in [2.05, 4.69) is 16.0 Å². The molecule has 2 fully saturated rings. The largest absolute Gasteiger partial charge is 0.352 e. The maximum absolute atomic E-state index is 12.4. The average Bonchev–Trinajstić information content (AvgIpc) is 3.20. The zero-order chi connectivity index (χ0) is 15.6. The summed E-state index contributed by atoms with van der Waals surface area (Å²) in [4.78, 5) is 23.2. The van der Waals surface area contributed by atoms with Crippen LogP contribution in [0, 0.1) is 11.3 Å². The van der Waals surface area contributed by atoms with Crippen molar-refractivity contribution < 1.29 is 9.59 Å². The molecule has 2 amide bonds. The molecule has 118 valence electrons. The monoisotopic (exact) mass is 301 g/mol. The number of carbonyl (C=O) groups is 2. The molecule has 1 aromatic carbocycles. The maximum atomic E-state index is 12.4. The van der Waals surface area contributed by atoms with Crippen LogP contribution in [-0.2, 0) is 16.1 Å². The molecule has 5 heteroatoms. The minimum atomic E-state index is -0.0432. The van der Waals surface area contributed by atoms with Crippen LogP contribution in [0.15, 0.2) is 24.3 Å². The van der Waals surface area contributed by atoms with Gasteiger partial charge in [-0.3, -0.25) is 9.59 Å². The second-order valence-electron chi connectivity index (χ2n) is 6.46. The molecule has 1 saturated carbocycles. The first-order valence-electron chi connectivity index (χ1n) is 7.94. The van der Waals surface area contributed by atoms with Gasteiger partial charge < -0.3 is 16.0 Å². The van der Waals surface area contributed by atoms with Crippen molar-refractivity contribution in [3.63, 3.8) is 0 Å². The van der Waals surface area contributed by atoms with Crippen LogP contribution in [0.1, 0.15) is 31.7 Å². The number of nitrogens with one attached hydrogen (secondary N) is 3. The van der Waals surface area contributed by atoms with Gasteiger partial charge in [0, 0.05) is 25.1 Å². The van der Waals surface area contributed by atoms with Crippen LogP contribution >= 0.6 is 0 Å². The Kier molecular flexibility index (Phi) is 4.16. The minimum absolute atomic E-state index is 0.0432. The van der Waals surface area contributed by atoms with Crippen LogP contribution < -0.4 is 16.0 Å². The maximum Gasteiger partial charge on any atom is 0.228 e. The molecule has 1 unspecified atom stereocenters. The lowest BCUT2D eigenvalue weighted by atomic mass is 9.92. The Morgan fingerprint density at radius 1 is 1.23 bits per heavy atom. The van der Waals surface area contributed by atoms with Crippen molar-refractivity contribution in [1.82, 2.24) is 10.6 Å². The summed E-state index contributed by atoms with van der Waals surface area (Å²) in [6.07, 6.45) is 3.25. The van der Waals surface area contributed by atoms with Crippen molar-refractivity contribution in [3.05, 3.63) is 29.8 Å². The summed E-state index contributed by atoms with van der Waals surface area (Å²) in [7, 11) is 0. The van der Waals surface area contributed by atoms with Crippen molar-refractivity contribution >= 4 is 17.5 Å². The molecule has 1 spiro atoms. The summed E-state index contributed by atoms with van der Waals surface area (Å²) < 4.78 is 0. The first kappa shape index (κ1) is 15.0. The summed E-state index contributed by atoms with van der Waals surface area (Å²) in [6.45, 7) is 4.08. The van der Waals surface area contributed by atoms with E-state index in [4.69, 9.17) is 0 Å². The number of amides is 2. The third kappa shape index (κ3) is 3.30. The van der Waals surface area contributed by atoms with E-state index < -0.39 is 0 Å². The van der Waals surface area contributed by atoms with E-state index >= 15 is 0 Å². The van der Waals surface area contributed by atoms with Crippen LogP contribution in [0.5, 0.6) is 0 Å². The van der Waals surface area contributed by atoms with Crippen molar-refractivity contribution in [2.45, 2.75) is 32.7 Å². The normalized spacial score (nSPS) is 22.1. The Hall–Kier alpha value is -1.88. The fourth-order valence-corrected chi connectivity index (χ4v) is 3.36. The van der Waals surface area contributed by atoms with E-state index in [1.54, 1.807) is 0 Å². The zero-order valence-corrected chi connectivity index (χ0v) is 12.9. The second-order valence-corrected chi connectivity index (χ2v) is 6.46. The van der Waals surface area contributed by atoms with E-state index in [9.17, 15) is 9.59 Å². The first-order valence-corrected chi connectivity index (χ1v) is 7.94. The molecule has 3 rings (SSSR count). The highest BCUT2D eigenvalue weighted by molar-refractivity contribution is 5.95. The summed E-state index contributed by atoms with van der Waals surface area (Å²) in [5.74, 6) is 0.281. The molecule has 0 bridgehead atoms. The van der Waals surface area contributed by atoms with Gasteiger partial charge in [0.05, 0.1) is 0 Å². The van der Waals surface area contributed by atoms with E-state index in [0.717, 1.165) is 43.6 Å². The number of piperidine rings is 1. The van der Waals surface area contributed by atoms with Gasteiger partial charge in [-0.2, -0.15) is 0 Å². The molecule has 5 nitrogen and oxygen atoms in total. The highest BCUT2D eigenvalue weighted by Gasteiger charge is 2.57. The molecule has 3 N–H and O–H groups in total. The predicted octanol–water partition coefficient (Wildman–Crippen LogP) is 1.65. The summed E-state index contributed by atoms with van der Waals surface area (Å²) in [5.41, 5.74) is 2.11. The van der Waals surface area contributed by atoms with Crippen molar-refractivity contribution in [1.29, 1.82) is 0 Å². The Balaban J connectivity index is 1.53. The van der Waals surface area contributed by atoms with Gasteiger partial charge in [-0.25, -0.2) is 0 Å². The summed E-state index contributed by atoms with van der Waals surface area (Å²) in [5, 5.41) is 9.13. The van der Waals surface area contributed by atoms with E-state index in [1.807, 2.05) is 24.3 Å². The van der Waals surface area contributed by atoms with Gasteiger partial charge in [0.15, 0.2) is 0 Å². The number of benzene rings is 1. The molecule has 1 aromatic rings. The Labute approximate surface area is 130 Å². The van der Waals surface area contributed by atoms with Gasteiger partial charge in [0.2, 0.25) is 11.8 Å². The molecule has 1 aliphatic heterocycles. The molecule has 22 heavy (non-hydrogen) atoms. The third-order valence-electron chi connectivity index (χ3n) is 4.87. The quantitative estimate of drug-likeness (QED) is 0.792. The topological polar surface area (TPSA) is 70.2 Å². The summed E-state index contributed by atoms with van der Waals surface area (Å²) >= 11 is 0. The summed E-state index contributed by atoms with van der Waals surface area (Å²) in [6, 6.07) is 7.65. The van der Waals surface area contributed by atoms with Crippen LogP contribution in [0.4, 0.5) is 5.69 Å². The molecule has 2 aliphatic rings. The van der Waals surface area contributed by atoms with E-state index in [0.29, 0.717) is 6.54 Å². The lowest BCUT2D eigenvalue weighted by molar-refractivity contribution is -0.119. The Morgan fingerprint density at radius 2 is 1.91 bits per heavy atom. The van der Waals surface area contributed by atoms with Crippen LogP contribution in [0.25, 0.3) is 0 Å². The lowest BCUT2D eigenvalue weighted by Crippen LogP contribution is -2.31. The van der Waals surface area contributed by atoms with Crippen LogP contribution in [0.3, 0.4) is 0 Å². The third-order valence-corrected chi connectivity index (χ3v) is 4.87. The van der Waals surface area contributed by atoms with E-state index in [1.165, 1.54) is 6.92 Å². The molecule has 1 saturated heterocycles. The molecule has 0 radical (unpaired) electrons. The van der Waals surface area contributed by atoms with Crippen LogP contribution in [0.2, 0.25) is 0 Å². The van der Waals surface area contributed by atoms with Gasteiger partial charge in [-0.15, -0.1) is 0 Å². The first-order chi connectivity index (χ1) is 10.6. The molecular weight excluding hydrogens is 278 g/mol. The highest BCUT2D eigenvalue weighted by atomic mass is 16.2. The standard InChI is InChI=1S/C17H23N3O2/c1-12(21)19-11-13-2-4-14(5-3-13)20-16(22)15-10-17(15)6-8-18-9-7-17/h2-5,15,18H,6-11H2,1H3,(H,19,21)(H,20,22). The highest BCUT2D eigenvalue weighted by Crippen LogP contribution is 2.58. The SMILES string of the molecule is CC(=O)NCc1ccc(NC(=O)C2CC23CCNCC3)cc1. The Bertz CT molecular complexity index is 562. The van der Waals surface area contributed by atoms with Gasteiger partial charge in [-0.05, 0) is 55.5 Å². The van der Waals surface area contributed by atoms with Gasteiger partial charge in [-0.1, -0.05) is 12.1 Å². The Morgan fingerprint density at radius 3 is 2.55 bits per heavy atom. The van der Waals surface area contributed by atoms with E-state index in [-0.39, 0.29) is 23.1 Å². The minimum Gasteiger partial charge on any atom is -0.352 e. The number of rotatable bonds is 4. The van der Waals surface area contributed by atoms with Crippen LogP contribution in [-0.4, -0.2) is 24.9 Å². The van der Waals surface area contributed by atoms with Gasteiger partial charge >= 0.3 is 0 Å². The molecular formula is C17H23N3O2. The molecule has 1 aliphatic carbocycles. The molecule has 0 aromatic heterocycles. The second kappa shape index (κ2) is 6.08. The smallest absolute Gasteiger partial charge is 0.228 e. The number of hydrogen-bond acceptors (Lipinski definition) is 3.